The van der Waals surface area contributed by atoms with Crippen molar-refractivity contribution in [1.29, 1.82) is 0 Å². The smallest absolute Gasteiger partial charge is 0.246 e. The quantitative estimate of drug-likeness (QED) is 0.773. The molecule has 2 N–H and O–H groups in total. The summed E-state index contributed by atoms with van der Waals surface area (Å²) in [6, 6.07) is -0.189. The van der Waals surface area contributed by atoms with Gasteiger partial charge in [-0.25, -0.2) is 0 Å². The highest BCUT2D eigenvalue weighted by Gasteiger charge is 2.35. The van der Waals surface area contributed by atoms with Gasteiger partial charge in [-0.05, 0) is 18.8 Å². The number of carbonyl (C=O) groups is 2. The third kappa shape index (κ3) is 5.18. The minimum absolute atomic E-state index is 0.0420. The predicted molar refractivity (Wildman–Crippen MR) is 87.9 cm³/mol. The number of amides is 2. The van der Waals surface area contributed by atoms with Crippen molar-refractivity contribution in [3.05, 3.63) is 0 Å². The van der Waals surface area contributed by atoms with Crippen molar-refractivity contribution in [2.75, 3.05) is 25.2 Å². The fourth-order valence-electron chi connectivity index (χ4n) is 2.29. The second-order valence-corrected chi connectivity index (χ2v) is 7.09. The zero-order chi connectivity index (χ0) is 16.0. The molecule has 0 aromatic rings. The summed E-state index contributed by atoms with van der Waals surface area (Å²) in [5.74, 6) is 1.88. The molecule has 2 atom stereocenters. The third-order valence-corrected chi connectivity index (χ3v) is 4.99. The minimum atomic E-state index is -0.297. The molecule has 1 rings (SSSR count). The van der Waals surface area contributed by atoms with E-state index in [9.17, 15) is 9.59 Å². The molecule has 2 unspecified atom stereocenters. The van der Waals surface area contributed by atoms with Crippen LogP contribution in [-0.2, 0) is 9.59 Å². The Morgan fingerprint density at radius 1 is 1.43 bits per heavy atom. The van der Waals surface area contributed by atoms with E-state index in [0.717, 1.165) is 12.8 Å². The second kappa shape index (κ2) is 8.63. The highest BCUT2D eigenvalue weighted by atomic mass is 32.2. The molecular weight excluding hydrogens is 286 g/mol. The summed E-state index contributed by atoms with van der Waals surface area (Å²) in [5, 5.41) is 0. The summed E-state index contributed by atoms with van der Waals surface area (Å²) in [4.78, 5) is 28.0. The molecule has 0 aromatic carbocycles. The van der Waals surface area contributed by atoms with Gasteiger partial charge in [0.05, 0.1) is 5.88 Å². The van der Waals surface area contributed by atoms with E-state index in [1.807, 2.05) is 6.92 Å². The van der Waals surface area contributed by atoms with Crippen molar-refractivity contribution in [1.82, 2.24) is 9.80 Å². The van der Waals surface area contributed by atoms with Gasteiger partial charge in [0.25, 0.3) is 0 Å². The number of rotatable bonds is 7. The molecule has 2 amide bonds. The van der Waals surface area contributed by atoms with Crippen LogP contribution in [0.3, 0.4) is 0 Å². The van der Waals surface area contributed by atoms with Crippen molar-refractivity contribution >= 4 is 23.6 Å². The molecule has 6 heteroatoms. The maximum Gasteiger partial charge on any atom is 0.246 e. The number of hydrogen-bond acceptors (Lipinski definition) is 4. The summed E-state index contributed by atoms with van der Waals surface area (Å²) >= 11 is 1.65. The van der Waals surface area contributed by atoms with Crippen molar-refractivity contribution in [2.45, 2.75) is 52.1 Å². The molecule has 1 fully saturated rings. The zero-order valence-electron chi connectivity index (χ0n) is 13.7. The number of hydrogen-bond donors (Lipinski definition) is 1. The summed E-state index contributed by atoms with van der Waals surface area (Å²) in [6.07, 6.45) is 2.13. The van der Waals surface area contributed by atoms with E-state index in [4.69, 9.17) is 5.73 Å². The maximum absolute atomic E-state index is 12.5. The number of likely N-dealkylation sites (N-methyl/N-ethyl adjacent to an activating group) is 1. The van der Waals surface area contributed by atoms with E-state index in [-0.39, 0.29) is 23.9 Å². The lowest BCUT2D eigenvalue weighted by molar-refractivity contribution is -0.142. The standard InChI is InChI=1S/C15H29N3O2S/c1-5-6-14(19)18-10-21-9-13(18)15(20)17(4)8-7-12(16)11(2)3/h11-13H,5-10,16H2,1-4H3. The molecule has 1 aliphatic heterocycles. The molecule has 21 heavy (non-hydrogen) atoms. The van der Waals surface area contributed by atoms with Crippen molar-refractivity contribution in [2.24, 2.45) is 11.7 Å². The normalized spacial score (nSPS) is 19.9. The Balaban J connectivity index is 2.54. The van der Waals surface area contributed by atoms with Gasteiger partial charge in [-0.15, -0.1) is 11.8 Å². The molecule has 0 bridgehead atoms. The van der Waals surface area contributed by atoms with Crippen molar-refractivity contribution < 1.29 is 9.59 Å². The monoisotopic (exact) mass is 315 g/mol. The van der Waals surface area contributed by atoms with Crippen molar-refractivity contribution in [3.8, 4) is 0 Å². The first-order valence-corrected chi connectivity index (χ1v) is 8.91. The van der Waals surface area contributed by atoms with Crippen LogP contribution < -0.4 is 5.73 Å². The Morgan fingerprint density at radius 3 is 2.67 bits per heavy atom. The largest absolute Gasteiger partial charge is 0.344 e. The Hall–Kier alpha value is -0.750. The maximum atomic E-state index is 12.5. The van der Waals surface area contributed by atoms with E-state index < -0.39 is 0 Å². The van der Waals surface area contributed by atoms with Gasteiger partial charge in [0.1, 0.15) is 6.04 Å². The zero-order valence-corrected chi connectivity index (χ0v) is 14.5. The molecule has 0 radical (unpaired) electrons. The van der Waals surface area contributed by atoms with Crippen LogP contribution >= 0.6 is 11.8 Å². The van der Waals surface area contributed by atoms with E-state index in [2.05, 4.69) is 13.8 Å². The molecule has 0 spiro atoms. The summed E-state index contributed by atoms with van der Waals surface area (Å²) in [5.41, 5.74) is 6.03. The Labute approximate surface area is 132 Å². The first-order chi connectivity index (χ1) is 9.88. The van der Waals surface area contributed by atoms with Crippen LogP contribution in [0, 0.1) is 5.92 Å². The summed E-state index contributed by atoms with van der Waals surface area (Å²) in [7, 11) is 1.81. The van der Waals surface area contributed by atoms with Gasteiger partial charge in [-0.1, -0.05) is 20.8 Å². The second-order valence-electron chi connectivity index (χ2n) is 6.09. The number of carbonyl (C=O) groups excluding carboxylic acids is 2. The summed E-state index contributed by atoms with van der Waals surface area (Å²) in [6.45, 7) is 6.81. The van der Waals surface area contributed by atoms with Crippen LogP contribution in [0.1, 0.15) is 40.0 Å². The lowest BCUT2D eigenvalue weighted by Crippen LogP contribution is -2.48. The van der Waals surface area contributed by atoms with Gasteiger partial charge in [0.15, 0.2) is 0 Å². The molecule has 0 saturated carbocycles. The van der Waals surface area contributed by atoms with E-state index in [1.165, 1.54) is 0 Å². The van der Waals surface area contributed by atoms with Gasteiger partial charge in [0, 0.05) is 31.8 Å². The summed E-state index contributed by atoms with van der Waals surface area (Å²) < 4.78 is 0. The highest BCUT2D eigenvalue weighted by Crippen LogP contribution is 2.23. The number of nitrogens with zero attached hydrogens (tertiary/aromatic N) is 2. The van der Waals surface area contributed by atoms with Crippen LogP contribution in [-0.4, -0.2) is 58.9 Å². The Morgan fingerprint density at radius 2 is 2.10 bits per heavy atom. The van der Waals surface area contributed by atoms with Gasteiger partial charge in [-0.3, -0.25) is 9.59 Å². The van der Waals surface area contributed by atoms with Gasteiger partial charge < -0.3 is 15.5 Å². The average Bonchev–Trinajstić information content (AvgIpc) is 2.92. The minimum Gasteiger partial charge on any atom is -0.344 e. The molecule has 1 saturated heterocycles. The molecule has 5 nitrogen and oxygen atoms in total. The van der Waals surface area contributed by atoms with E-state index in [1.54, 1.807) is 28.6 Å². The van der Waals surface area contributed by atoms with Crippen LogP contribution in [0.2, 0.25) is 0 Å². The van der Waals surface area contributed by atoms with Gasteiger partial charge >= 0.3 is 0 Å². The van der Waals surface area contributed by atoms with Crippen LogP contribution in [0.25, 0.3) is 0 Å². The fraction of sp³-hybridized carbons (Fsp3) is 0.867. The fourth-order valence-corrected chi connectivity index (χ4v) is 3.46. The lowest BCUT2D eigenvalue weighted by atomic mass is 10.0. The third-order valence-electron chi connectivity index (χ3n) is 3.98. The Bertz CT molecular complexity index is 363. The molecule has 1 heterocycles. The van der Waals surface area contributed by atoms with Crippen LogP contribution in [0.15, 0.2) is 0 Å². The number of nitrogens with two attached hydrogens (primary N) is 1. The molecule has 1 aliphatic rings. The van der Waals surface area contributed by atoms with E-state index >= 15 is 0 Å². The average molecular weight is 315 g/mol. The molecule has 122 valence electrons. The van der Waals surface area contributed by atoms with Crippen LogP contribution in [0.5, 0.6) is 0 Å². The van der Waals surface area contributed by atoms with Gasteiger partial charge in [0.2, 0.25) is 11.8 Å². The topological polar surface area (TPSA) is 66.6 Å². The lowest BCUT2D eigenvalue weighted by Gasteiger charge is -2.28. The molecule has 0 aromatic heterocycles. The van der Waals surface area contributed by atoms with Gasteiger partial charge in [-0.2, -0.15) is 0 Å². The Kier molecular flexibility index (Phi) is 7.52. The molecular formula is C15H29N3O2S. The molecule has 0 aliphatic carbocycles. The first-order valence-electron chi connectivity index (χ1n) is 7.76. The first kappa shape index (κ1) is 18.3. The SMILES string of the molecule is CCCC(=O)N1CSCC1C(=O)N(C)CCC(N)C(C)C. The highest BCUT2D eigenvalue weighted by molar-refractivity contribution is 7.99. The number of thioether (sulfide) groups is 1. The van der Waals surface area contributed by atoms with Crippen LogP contribution in [0.4, 0.5) is 0 Å². The van der Waals surface area contributed by atoms with E-state index in [0.29, 0.717) is 30.5 Å². The predicted octanol–water partition coefficient (Wildman–Crippen LogP) is 1.52. The van der Waals surface area contributed by atoms with Crippen molar-refractivity contribution in [3.63, 3.8) is 0 Å².